The van der Waals surface area contributed by atoms with Crippen LogP contribution in [-0.4, -0.2) is 91.5 Å². The summed E-state index contributed by atoms with van der Waals surface area (Å²) in [5.74, 6) is 6.24. The molecule has 8 saturated heterocycles. The average Bonchev–Trinajstić information content (AvgIpc) is 4.33. The molecule has 0 N–H and O–H groups in total. The van der Waals surface area contributed by atoms with Gasteiger partial charge in [0.25, 0.3) is 53.5 Å². The molecule has 0 amide bonds. The Morgan fingerprint density at radius 2 is 0.782 bits per heavy atom. The Hall–Kier alpha value is -8.80. The summed E-state index contributed by atoms with van der Waals surface area (Å²) in [5.41, 5.74) is 3.35. The highest BCUT2D eigenvalue weighted by Crippen LogP contribution is 2.34. The molecule has 78 heavy (non-hydrogen) atoms. The first kappa shape index (κ1) is 61.7. The maximum Gasteiger partial charge on any atom is 0.282 e. The molecule has 3 unspecified atom stereocenters. The van der Waals surface area contributed by atoms with Gasteiger partial charge < -0.3 is 85.3 Å². The molecule has 0 saturated carbocycles. The predicted octanol–water partition coefficient (Wildman–Crippen LogP) is 12.1. The SMILES string of the molecule is C=C1COC(=C)O1.C=C1COC(=C)OC1.C=C1OCC(C)O1.C=C1OCC(c2ccccc2)CO1.C=C1OCC(c2ccccc2)O1.C=C1OCCC(C)O1.C=C1OCCCO1.C=C1OCCO1.C=C1Oc2ccccc2O1. The molecule has 0 bridgehead atoms. The van der Waals surface area contributed by atoms with Crippen molar-refractivity contribution in [2.45, 2.75) is 50.9 Å². The van der Waals surface area contributed by atoms with Crippen LogP contribution in [0.5, 0.6) is 11.5 Å². The second-order valence-corrected chi connectivity index (χ2v) is 16.9. The van der Waals surface area contributed by atoms with Gasteiger partial charge in [-0.25, -0.2) is 0 Å². The van der Waals surface area contributed by atoms with Crippen molar-refractivity contribution in [2.75, 3.05) is 79.3 Å². The van der Waals surface area contributed by atoms with Gasteiger partial charge >= 0.3 is 0 Å². The summed E-state index contributed by atoms with van der Waals surface area (Å²) in [6.07, 6.45) is 2.47. The molecule has 18 nitrogen and oxygen atoms in total. The van der Waals surface area contributed by atoms with Crippen LogP contribution >= 0.6 is 0 Å². The molecule has 0 aromatic heterocycles. The van der Waals surface area contributed by atoms with Gasteiger partial charge in [-0.2, -0.15) is 0 Å². The fraction of sp³-hybridized carbons (Fsp3) is 0.333. The molecule has 3 aromatic carbocycles. The molecule has 8 fully saturated rings. The Kier molecular flexibility index (Phi) is 27.5. The number of ether oxygens (including phenoxy) is 18. The van der Waals surface area contributed by atoms with Gasteiger partial charge in [0.2, 0.25) is 0 Å². The van der Waals surface area contributed by atoms with Gasteiger partial charge in [0.15, 0.2) is 17.6 Å². The van der Waals surface area contributed by atoms with Crippen LogP contribution in [0, 0.1) is 0 Å². The van der Waals surface area contributed by atoms with Crippen LogP contribution in [0.15, 0.2) is 222 Å². The van der Waals surface area contributed by atoms with Crippen LogP contribution in [0.4, 0.5) is 0 Å². The monoisotopic (exact) mass is 1080 g/mol. The molecule has 0 aliphatic carbocycles. The van der Waals surface area contributed by atoms with Gasteiger partial charge in [-0.15, -0.1) is 0 Å². The fourth-order valence-corrected chi connectivity index (χ4v) is 6.32. The summed E-state index contributed by atoms with van der Waals surface area (Å²) in [5, 5.41) is 0. The van der Waals surface area contributed by atoms with Gasteiger partial charge in [-0.1, -0.05) is 86.0 Å². The highest BCUT2D eigenvalue weighted by atomic mass is 16.7. The van der Waals surface area contributed by atoms with Crippen LogP contribution in [0.25, 0.3) is 0 Å². The molecular weight excluding hydrogens is 1010 g/mol. The first-order valence-electron chi connectivity index (χ1n) is 24.8. The number of fused-ring (bicyclic) bond motifs is 1. The second kappa shape index (κ2) is 34.7. The van der Waals surface area contributed by atoms with Crippen molar-refractivity contribution in [3.63, 3.8) is 0 Å². The Bertz CT molecular complexity index is 2350. The first-order valence-corrected chi connectivity index (χ1v) is 24.8. The summed E-state index contributed by atoms with van der Waals surface area (Å²) < 4.78 is 89.3. The molecule has 9 heterocycles. The van der Waals surface area contributed by atoms with Crippen LogP contribution in [-0.2, 0) is 75.8 Å². The van der Waals surface area contributed by atoms with Crippen molar-refractivity contribution < 1.29 is 85.3 Å². The highest BCUT2D eigenvalue weighted by Gasteiger charge is 2.22. The van der Waals surface area contributed by atoms with Crippen molar-refractivity contribution in [2.24, 2.45) is 0 Å². The zero-order valence-corrected chi connectivity index (χ0v) is 44.9. The predicted molar refractivity (Wildman–Crippen MR) is 291 cm³/mol. The largest absolute Gasteiger partial charge is 0.466 e. The smallest absolute Gasteiger partial charge is 0.282 e. The molecule has 0 radical (unpaired) electrons. The maximum atomic E-state index is 5.33. The average molecular weight is 1080 g/mol. The van der Waals surface area contributed by atoms with E-state index in [0.29, 0.717) is 125 Å². The van der Waals surface area contributed by atoms with Gasteiger partial charge in [0.1, 0.15) is 77.4 Å². The number of benzene rings is 3. The third-order valence-corrected chi connectivity index (χ3v) is 10.2. The normalized spacial score (nSPS) is 20.6. The number of para-hydroxylation sites is 2. The Morgan fingerprint density at radius 1 is 0.346 bits per heavy atom. The number of hydrogen-bond acceptors (Lipinski definition) is 18. The van der Waals surface area contributed by atoms with E-state index in [1.165, 1.54) is 5.56 Å². The number of rotatable bonds is 2. The van der Waals surface area contributed by atoms with Crippen molar-refractivity contribution in [3.05, 3.63) is 233 Å². The number of hydrogen-bond donors (Lipinski definition) is 0. The van der Waals surface area contributed by atoms with Crippen molar-refractivity contribution in [3.8, 4) is 11.5 Å². The third kappa shape index (κ3) is 26.1. The van der Waals surface area contributed by atoms with E-state index in [-0.39, 0.29) is 18.3 Å². The van der Waals surface area contributed by atoms with Gasteiger partial charge in [0.05, 0.1) is 25.7 Å². The van der Waals surface area contributed by atoms with Gasteiger partial charge in [0, 0.05) is 12.8 Å². The zero-order chi connectivity index (χ0) is 56.5. The molecule has 3 atom stereocenters. The van der Waals surface area contributed by atoms with Crippen molar-refractivity contribution in [1.29, 1.82) is 0 Å². The lowest BCUT2D eigenvalue weighted by atomic mass is 10.0. The minimum Gasteiger partial charge on any atom is -0.466 e. The summed E-state index contributed by atoms with van der Waals surface area (Å²) in [7, 11) is 0. The molecule has 9 aliphatic heterocycles. The molecule has 422 valence electrons. The molecule has 18 heteroatoms. The van der Waals surface area contributed by atoms with Gasteiger partial charge in [-0.3, -0.25) is 0 Å². The summed E-state index contributed by atoms with van der Waals surface area (Å²) in [6.45, 7) is 50.3. The lowest BCUT2D eigenvalue weighted by Crippen LogP contribution is -2.20. The van der Waals surface area contributed by atoms with E-state index < -0.39 is 0 Å². The summed E-state index contributed by atoms with van der Waals surface area (Å²) >= 11 is 0. The standard InChI is InChI=1S/C11H12O2.C10H10O2.C8H6O2.C6H8O2.C6H10O2.C5H8O2.C5H6O2.C5H8O2.C4H6O2/c1-9-12-7-11(8-13-9)10-5-3-2-4-6-10;1-8-11-7-10(12-8)9-5-3-2-4-6-9;1-6-9-7-4-2-3-5-8(7)10-6;1-5-3-7-6(2)8-4-5;1-5-3-4-7-6(2)8-5;2*1-4-3-6-5(2)7-4;1-5-6-3-2-4-7-5;1-4-5-2-3-6-4/h2-6,11H,1,7-8H2;2-6,10H,1,7H2;2-5H,1H2;1-4H2;5H,2-4H2,1H3;4H,2-3H2,1H3;1-3H2;1-4H2;1-3H2. The van der Waals surface area contributed by atoms with Crippen LogP contribution in [0.1, 0.15) is 49.8 Å². The van der Waals surface area contributed by atoms with Crippen molar-refractivity contribution >= 4 is 0 Å². The van der Waals surface area contributed by atoms with E-state index in [1.807, 2.05) is 86.6 Å². The Morgan fingerprint density at radius 3 is 1.15 bits per heavy atom. The second-order valence-electron chi connectivity index (χ2n) is 16.9. The lowest BCUT2D eigenvalue weighted by Gasteiger charge is -2.24. The zero-order valence-electron chi connectivity index (χ0n) is 44.9. The highest BCUT2D eigenvalue weighted by molar-refractivity contribution is 5.43. The molecule has 9 aliphatic rings. The fourth-order valence-electron chi connectivity index (χ4n) is 6.32. The van der Waals surface area contributed by atoms with Crippen molar-refractivity contribution in [1.82, 2.24) is 0 Å². The maximum absolute atomic E-state index is 5.33. The molecular formula is C60H74O18. The van der Waals surface area contributed by atoms with Gasteiger partial charge in [-0.05, 0) is 102 Å². The summed E-state index contributed by atoms with van der Waals surface area (Å²) in [6, 6.07) is 27.7. The van der Waals surface area contributed by atoms with Crippen LogP contribution in [0.2, 0.25) is 0 Å². The molecule has 0 spiro atoms. The molecule has 12 rings (SSSR count). The topological polar surface area (TPSA) is 166 Å². The quantitative estimate of drug-likeness (QED) is 0.222. The lowest BCUT2D eigenvalue weighted by molar-refractivity contribution is -0.0541. The Balaban J connectivity index is 0.000000191. The van der Waals surface area contributed by atoms with Crippen LogP contribution < -0.4 is 9.47 Å². The van der Waals surface area contributed by atoms with E-state index in [1.54, 1.807) is 0 Å². The van der Waals surface area contributed by atoms with E-state index in [0.717, 1.165) is 55.3 Å². The van der Waals surface area contributed by atoms with E-state index >= 15 is 0 Å². The summed E-state index contributed by atoms with van der Waals surface area (Å²) in [4.78, 5) is 0. The first-order chi connectivity index (χ1) is 37.5. The minimum atomic E-state index is 0.0266. The Labute approximate surface area is 458 Å². The van der Waals surface area contributed by atoms with Crippen LogP contribution in [0.3, 0.4) is 0 Å². The minimum absolute atomic E-state index is 0.0266. The third-order valence-electron chi connectivity index (χ3n) is 10.2. The molecule has 3 aromatic rings. The van der Waals surface area contributed by atoms with E-state index in [2.05, 4.69) is 84.5 Å². The van der Waals surface area contributed by atoms with E-state index in [9.17, 15) is 0 Å². The van der Waals surface area contributed by atoms with E-state index in [4.69, 9.17) is 85.3 Å².